The first kappa shape index (κ1) is 13.8. The van der Waals surface area contributed by atoms with Crippen LogP contribution in [0.5, 0.6) is 0 Å². The molecule has 2 rings (SSSR count). The molecule has 102 valence electrons. The minimum absolute atomic E-state index is 0.696. The van der Waals surface area contributed by atoms with E-state index in [4.69, 9.17) is 0 Å². The topological polar surface area (TPSA) is 28.2 Å². The molecule has 4 heteroatoms. The van der Waals surface area contributed by atoms with E-state index in [0.29, 0.717) is 6.04 Å². The zero-order valence-corrected chi connectivity index (χ0v) is 12.6. The molecule has 1 aromatic heterocycles. The number of hydrogen-bond donors (Lipinski definition) is 1. The van der Waals surface area contributed by atoms with E-state index < -0.39 is 0 Å². The molecule has 0 radical (unpaired) electrons. The smallest absolute Gasteiger partial charge is 0.185 e. The summed E-state index contributed by atoms with van der Waals surface area (Å²) >= 11 is 1.82. The summed E-state index contributed by atoms with van der Waals surface area (Å²) in [5, 5.41) is 4.36. The molecule has 0 atom stereocenters. The molecular weight excluding hydrogens is 242 g/mol. The summed E-state index contributed by atoms with van der Waals surface area (Å²) in [4.78, 5) is 8.27. The maximum Gasteiger partial charge on any atom is 0.185 e. The predicted molar refractivity (Wildman–Crippen MR) is 79.3 cm³/mol. The van der Waals surface area contributed by atoms with Crippen LogP contribution in [-0.2, 0) is 6.54 Å². The highest BCUT2D eigenvalue weighted by molar-refractivity contribution is 7.15. The largest absolute Gasteiger partial charge is 0.348 e. The van der Waals surface area contributed by atoms with Crippen molar-refractivity contribution >= 4 is 16.5 Å². The van der Waals surface area contributed by atoms with E-state index in [1.807, 2.05) is 24.6 Å². The summed E-state index contributed by atoms with van der Waals surface area (Å²) in [6.45, 7) is 3.24. The molecule has 1 fully saturated rings. The first-order valence-electron chi connectivity index (χ1n) is 7.06. The molecule has 0 unspecified atom stereocenters. The molecule has 0 bridgehead atoms. The van der Waals surface area contributed by atoms with Crippen LogP contribution in [0.2, 0.25) is 0 Å². The number of rotatable bonds is 5. The molecule has 0 spiro atoms. The second-order valence-electron chi connectivity index (χ2n) is 5.33. The third-order valence-corrected chi connectivity index (χ3v) is 5.22. The molecule has 0 aromatic carbocycles. The number of nitrogens with zero attached hydrogens (tertiary/aromatic N) is 2. The third kappa shape index (κ3) is 3.23. The molecule has 1 aromatic rings. The number of anilines is 1. The van der Waals surface area contributed by atoms with Crippen molar-refractivity contribution in [2.75, 3.05) is 19.0 Å². The predicted octanol–water partition coefficient (Wildman–Crippen LogP) is 3.27. The van der Waals surface area contributed by atoms with Gasteiger partial charge in [-0.1, -0.05) is 13.3 Å². The Morgan fingerprint density at radius 3 is 2.72 bits per heavy atom. The summed E-state index contributed by atoms with van der Waals surface area (Å²) in [6, 6.07) is 0.696. The van der Waals surface area contributed by atoms with Crippen LogP contribution in [0.4, 0.5) is 5.13 Å². The average Bonchev–Trinajstić information content (AvgIpc) is 2.87. The van der Waals surface area contributed by atoms with E-state index in [1.165, 1.54) is 42.1 Å². The number of nitrogens with one attached hydrogen (secondary N) is 1. The lowest BCUT2D eigenvalue weighted by Gasteiger charge is -2.34. The van der Waals surface area contributed by atoms with E-state index in [2.05, 4.69) is 29.2 Å². The zero-order chi connectivity index (χ0) is 13.0. The van der Waals surface area contributed by atoms with E-state index in [-0.39, 0.29) is 0 Å². The highest BCUT2D eigenvalue weighted by Gasteiger charge is 2.24. The molecular formula is C14H25N3S. The number of hydrogen-bond acceptors (Lipinski definition) is 4. The van der Waals surface area contributed by atoms with Gasteiger partial charge in [0.15, 0.2) is 5.13 Å². The summed E-state index contributed by atoms with van der Waals surface area (Å²) in [6.07, 6.45) is 8.79. The Kier molecular flexibility index (Phi) is 5.01. The van der Waals surface area contributed by atoms with Crippen molar-refractivity contribution in [1.29, 1.82) is 0 Å². The van der Waals surface area contributed by atoms with Crippen molar-refractivity contribution in [3.63, 3.8) is 0 Å². The quantitative estimate of drug-likeness (QED) is 0.887. The molecule has 0 aliphatic heterocycles. The van der Waals surface area contributed by atoms with Crippen LogP contribution in [0.15, 0.2) is 6.20 Å². The molecule has 1 saturated carbocycles. The minimum Gasteiger partial charge on any atom is -0.348 e. The van der Waals surface area contributed by atoms with Crippen LogP contribution < -0.4 is 10.2 Å². The Morgan fingerprint density at radius 1 is 1.39 bits per heavy atom. The lowest BCUT2D eigenvalue weighted by Crippen LogP contribution is -2.35. The standard InChI is InChI=1S/C14H25N3S/c1-4-11-5-7-12(8-6-11)17(3)14-16-10-13(18-14)9-15-2/h10-12,15H,4-9H2,1-3H3. The van der Waals surface area contributed by atoms with Gasteiger partial charge in [0.25, 0.3) is 0 Å². The normalized spacial score (nSPS) is 24.2. The van der Waals surface area contributed by atoms with E-state index in [9.17, 15) is 0 Å². The van der Waals surface area contributed by atoms with Crippen LogP contribution in [0.3, 0.4) is 0 Å². The fourth-order valence-corrected chi connectivity index (χ4v) is 3.77. The van der Waals surface area contributed by atoms with Gasteiger partial charge in [0.05, 0.1) is 0 Å². The van der Waals surface area contributed by atoms with Gasteiger partial charge in [0, 0.05) is 30.7 Å². The Morgan fingerprint density at radius 2 is 2.11 bits per heavy atom. The Balaban J connectivity index is 1.92. The molecule has 0 amide bonds. The Bertz CT molecular complexity index is 356. The minimum atomic E-state index is 0.696. The summed E-state index contributed by atoms with van der Waals surface area (Å²) in [5.41, 5.74) is 0. The SMILES string of the molecule is CCC1CCC(N(C)c2ncc(CNC)s2)CC1. The van der Waals surface area contributed by atoms with Gasteiger partial charge in [0.2, 0.25) is 0 Å². The highest BCUT2D eigenvalue weighted by atomic mass is 32.1. The van der Waals surface area contributed by atoms with Gasteiger partial charge in [-0.05, 0) is 38.6 Å². The highest BCUT2D eigenvalue weighted by Crippen LogP contribution is 2.32. The van der Waals surface area contributed by atoms with E-state index in [1.54, 1.807) is 0 Å². The molecule has 3 nitrogen and oxygen atoms in total. The van der Waals surface area contributed by atoms with Gasteiger partial charge >= 0.3 is 0 Å². The average molecular weight is 267 g/mol. The maximum absolute atomic E-state index is 4.55. The second kappa shape index (κ2) is 6.53. The van der Waals surface area contributed by atoms with Crippen molar-refractivity contribution < 1.29 is 0 Å². The summed E-state index contributed by atoms with van der Waals surface area (Å²) in [7, 11) is 4.19. The van der Waals surface area contributed by atoms with Crippen LogP contribution in [-0.4, -0.2) is 25.1 Å². The van der Waals surface area contributed by atoms with Gasteiger partial charge in [-0.15, -0.1) is 11.3 Å². The molecule has 1 heterocycles. The lowest BCUT2D eigenvalue weighted by atomic mass is 9.84. The van der Waals surface area contributed by atoms with Gasteiger partial charge in [-0.2, -0.15) is 0 Å². The van der Waals surface area contributed by atoms with Crippen molar-refractivity contribution in [3.05, 3.63) is 11.1 Å². The first-order chi connectivity index (χ1) is 8.74. The van der Waals surface area contributed by atoms with Gasteiger partial charge in [-0.3, -0.25) is 0 Å². The van der Waals surface area contributed by atoms with Gasteiger partial charge in [-0.25, -0.2) is 4.98 Å². The van der Waals surface area contributed by atoms with Gasteiger partial charge in [0.1, 0.15) is 0 Å². The zero-order valence-electron chi connectivity index (χ0n) is 11.8. The van der Waals surface area contributed by atoms with Crippen LogP contribution in [0, 0.1) is 5.92 Å². The fourth-order valence-electron chi connectivity index (χ4n) is 2.81. The summed E-state index contributed by atoms with van der Waals surface area (Å²) < 4.78 is 0. The van der Waals surface area contributed by atoms with Crippen LogP contribution in [0.25, 0.3) is 0 Å². The molecule has 18 heavy (non-hydrogen) atoms. The molecule has 1 aliphatic carbocycles. The second-order valence-corrected chi connectivity index (χ2v) is 6.43. The molecule has 1 N–H and O–H groups in total. The number of aromatic nitrogens is 1. The number of thiazole rings is 1. The van der Waals surface area contributed by atoms with Gasteiger partial charge < -0.3 is 10.2 Å². The third-order valence-electron chi connectivity index (χ3n) is 4.14. The molecule has 0 saturated heterocycles. The molecule has 1 aliphatic rings. The Labute approximate surface area is 115 Å². The van der Waals surface area contributed by atoms with E-state index >= 15 is 0 Å². The van der Waals surface area contributed by atoms with Crippen molar-refractivity contribution in [1.82, 2.24) is 10.3 Å². The van der Waals surface area contributed by atoms with Crippen LogP contribution in [0.1, 0.15) is 43.9 Å². The van der Waals surface area contributed by atoms with Crippen molar-refractivity contribution in [3.8, 4) is 0 Å². The summed E-state index contributed by atoms with van der Waals surface area (Å²) in [5.74, 6) is 0.964. The Hall–Kier alpha value is -0.610. The fraction of sp³-hybridized carbons (Fsp3) is 0.786. The first-order valence-corrected chi connectivity index (χ1v) is 7.88. The van der Waals surface area contributed by atoms with Crippen LogP contribution >= 0.6 is 11.3 Å². The van der Waals surface area contributed by atoms with E-state index in [0.717, 1.165) is 12.5 Å². The lowest BCUT2D eigenvalue weighted by molar-refractivity contribution is 0.313. The van der Waals surface area contributed by atoms with Crippen molar-refractivity contribution in [2.24, 2.45) is 5.92 Å². The van der Waals surface area contributed by atoms with Crippen molar-refractivity contribution in [2.45, 2.75) is 51.6 Å². The monoisotopic (exact) mass is 267 g/mol. The maximum atomic E-state index is 4.55.